The van der Waals surface area contributed by atoms with Gasteiger partial charge in [0.05, 0.1) is 16.1 Å². The number of thioether (sulfide) groups is 1. The van der Waals surface area contributed by atoms with Crippen LogP contribution in [0.2, 0.25) is 0 Å². The highest BCUT2D eigenvalue weighted by Crippen LogP contribution is 2.27. The van der Waals surface area contributed by atoms with E-state index in [0.29, 0.717) is 17.5 Å². The van der Waals surface area contributed by atoms with Gasteiger partial charge in [-0.2, -0.15) is 0 Å². The number of esters is 1. The fourth-order valence-corrected chi connectivity index (χ4v) is 3.70. The second-order valence-electron chi connectivity index (χ2n) is 4.02. The van der Waals surface area contributed by atoms with Crippen LogP contribution in [0.5, 0.6) is 0 Å². The van der Waals surface area contributed by atoms with Crippen molar-refractivity contribution in [3.05, 3.63) is 26.5 Å². The number of hydrogen-bond donors (Lipinski definition) is 0. The van der Waals surface area contributed by atoms with Gasteiger partial charge in [0.15, 0.2) is 5.17 Å². The van der Waals surface area contributed by atoms with Crippen molar-refractivity contribution in [1.82, 2.24) is 4.90 Å². The molecule has 1 aromatic heterocycles. The van der Waals surface area contributed by atoms with Gasteiger partial charge in [-0.25, -0.2) is 4.99 Å². The zero-order valence-electron chi connectivity index (χ0n) is 11.5. The number of hydrogen-bond acceptors (Lipinski definition) is 6. The maximum Gasteiger partial charge on any atom is 0.316 e. The van der Waals surface area contributed by atoms with Crippen molar-refractivity contribution in [2.24, 2.45) is 4.99 Å². The van der Waals surface area contributed by atoms with Gasteiger partial charge in [0.25, 0.3) is 5.91 Å². The van der Waals surface area contributed by atoms with E-state index >= 15 is 0 Å². The third kappa shape index (κ3) is 4.18. The summed E-state index contributed by atoms with van der Waals surface area (Å²) in [4.78, 5) is 30.1. The van der Waals surface area contributed by atoms with Crippen molar-refractivity contribution in [1.29, 1.82) is 0 Å². The molecule has 5 nitrogen and oxygen atoms in total. The lowest BCUT2D eigenvalue weighted by atomic mass is 10.3. The fraction of sp³-hybridized carbons (Fsp3) is 0.308. The largest absolute Gasteiger partial charge is 0.465 e. The predicted octanol–water partition coefficient (Wildman–Crippen LogP) is 2.98. The molecule has 2 rings (SSSR count). The summed E-state index contributed by atoms with van der Waals surface area (Å²) in [7, 11) is 1.64. The quantitative estimate of drug-likeness (QED) is 0.587. The maximum atomic E-state index is 12.1. The van der Waals surface area contributed by atoms with E-state index in [2.05, 4.69) is 20.9 Å². The Kier molecular flexibility index (Phi) is 5.60. The summed E-state index contributed by atoms with van der Waals surface area (Å²) < 4.78 is 5.85. The first kappa shape index (κ1) is 16.3. The van der Waals surface area contributed by atoms with Crippen molar-refractivity contribution in [3.63, 3.8) is 0 Å². The van der Waals surface area contributed by atoms with Crippen LogP contribution in [0.1, 0.15) is 11.8 Å². The summed E-state index contributed by atoms with van der Waals surface area (Å²) in [6.07, 6.45) is 1.74. The number of rotatable bonds is 4. The average Bonchev–Trinajstić information content (AvgIpc) is 2.96. The summed E-state index contributed by atoms with van der Waals surface area (Å²) in [5.41, 5.74) is 0.373. The summed E-state index contributed by atoms with van der Waals surface area (Å²) in [6, 6.07) is 3.83. The van der Waals surface area contributed by atoms with E-state index in [1.165, 1.54) is 28.0 Å². The van der Waals surface area contributed by atoms with Crippen LogP contribution in [0, 0.1) is 0 Å². The highest BCUT2D eigenvalue weighted by Gasteiger charge is 2.27. The minimum absolute atomic E-state index is 0.141. The monoisotopic (exact) mass is 388 g/mol. The first-order chi connectivity index (χ1) is 10.0. The van der Waals surface area contributed by atoms with Crippen LogP contribution in [-0.2, 0) is 14.3 Å². The van der Waals surface area contributed by atoms with Crippen molar-refractivity contribution in [3.8, 4) is 0 Å². The molecule has 0 saturated carbocycles. The van der Waals surface area contributed by atoms with Crippen LogP contribution >= 0.6 is 39.0 Å². The molecule has 0 fully saturated rings. The molecule has 8 heteroatoms. The van der Waals surface area contributed by atoms with Crippen LogP contribution in [-0.4, -0.2) is 41.4 Å². The molecular formula is C13H13BrN2O3S2. The first-order valence-corrected chi connectivity index (χ1v) is 8.73. The summed E-state index contributed by atoms with van der Waals surface area (Å²) in [5, 5.41) is 0.509. The minimum Gasteiger partial charge on any atom is -0.465 e. The molecule has 0 unspecified atom stereocenters. The topological polar surface area (TPSA) is 59.0 Å². The van der Waals surface area contributed by atoms with Gasteiger partial charge in [-0.15, -0.1) is 11.3 Å². The number of amidine groups is 1. The smallest absolute Gasteiger partial charge is 0.316 e. The van der Waals surface area contributed by atoms with Crippen LogP contribution in [0.3, 0.4) is 0 Å². The lowest BCUT2D eigenvalue weighted by Crippen LogP contribution is -2.26. The molecular weight excluding hydrogens is 376 g/mol. The van der Waals surface area contributed by atoms with Crippen LogP contribution in [0.25, 0.3) is 6.08 Å². The number of carbonyl (C=O) groups excluding carboxylic acids is 2. The molecule has 0 radical (unpaired) electrons. The Morgan fingerprint density at radius 2 is 2.33 bits per heavy atom. The molecule has 0 aliphatic carbocycles. The van der Waals surface area contributed by atoms with E-state index in [1.807, 2.05) is 12.1 Å². The predicted molar refractivity (Wildman–Crippen MR) is 89.3 cm³/mol. The van der Waals surface area contributed by atoms with E-state index in [4.69, 9.17) is 4.74 Å². The standard InChI is InChI=1S/C13H13BrN2O3S2/c1-3-19-11(17)7-20-13-15-9(12(18)16(13)2)6-8-4-5-10(14)21-8/h4-6H,3,7H2,1-2H3/b9-6-. The SMILES string of the molecule is CCOC(=O)CSC1=N/C(=C\c2ccc(Br)s2)C(=O)N1C. The molecule has 0 aromatic carbocycles. The van der Waals surface area contributed by atoms with Crippen LogP contribution < -0.4 is 0 Å². The third-order valence-corrected chi connectivity index (χ3v) is 5.10. The molecule has 1 amide bonds. The maximum absolute atomic E-state index is 12.1. The van der Waals surface area contributed by atoms with E-state index in [-0.39, 0.29) is 17.6 Å². The van der Waals surface area contributed by atoms with Crippen molar-refractivity contribution >= 4 is 62.1 Å². The van der Waals surface area contributed by atoms with Gasteiger partial charge in [0.2, 0.25) is 0 Å². The Labute approximate surface area is 139 Å². The number of halogens is 1. The number of aliphatic imine (C=N–C) groups is 1. The van der Waals surface area contributed by atoms with Gasteiger partial charge in [-0.05, 0) is 41.1 Å². The molecule has 112 valence electrons. The molecule has 0 N–H and O–H groups in total. The van der Waals surface area contributed by atoms with E-state index in [0.717, 1.165) is 8.66 Å². The van der Waals surface area contributed by atoms with E-state index in [1.54, 1.807) is 20.0 Å². The van der Waals surface area contributed by atoms with Crippen molar-refractivity contribution < 1.29 is 14.3 Å². The molecule has 1 aliphatic rings. The first-order valence-electron chi connectivity index (χ1n) is 6.13. The Morgan fingerprint density at radius 3 is 2.95 bits per heavy atom. The molecule has 0 spiro atoms. The van der Waals surface area contributed by atoms with Gasteiger partial charge in [0.1, 0.15) is 5.70 Å². The summed E-state index contributed by atoms with van der Waals surface area (Å²) in [6.45, 7) is 2.10. The zero-order chi connectivity index (χ0) is 15.4. The summed E-state index contributed by atoms with van der Waals surface area (Å²) >= 11 is 6.10. The molecule has 0 atom stereocenters. The minimum atomic E-state index is -0.314. The van der Waals surface area contributed by atoms with Gasteiger partial charge in [-0.3, -0.25) is 14.5 Å². The van der Waals surface area contributed by atoms with Gasteiger partial charge >= 0.3 is 5.97 Å². The fourth-order valence-electron chi connectivity index (χ4n) is 1.57. The number of ether oxygens (including phenoxy) is 1. The Hall–Kier alpha value is -1.12. The Balaban J connectivity index is 2.08. The van der Waals surface area contributed by atoms with Crippen LogP contribution in [0.15, 0.2) is 26.6 Å². The normalized spacial score (nSPS) is 16.5. The number of carbonyl (C=O) groups is 2. The van der Waals surface area contributed by atoms with Crippen molar-refractivity contribution in [2.45, 2.75) is 6.92 Å². The molecule has 2 heterocycles. The molecule has 1 aromatic rings. The van der Waals surface area contributed by atoms with Gasteiger partial charge < -0.3 is 4.74 Å². The van der Waals surface area contributed by atoms with E-state index < -0.39 is 0 Å². The molecule has 0 bridgehead atoms. The molecule has 1 aliphatic heterocycles. The number of amides is 1. The highest BCUT2D eigenvalue weighted by atomic mass is 79.9. The average molecular weight is 389 g/mol. The second kappa shape index (κ2) is 7.24. The second-order valence-corrected chi connectivity index (χ2v) is 7.46. The van der Waals surface area contributed by atoms with Gasteiger partial charge in [-0.1, -0.05) is 11.8 Å². The highest BCUT2D eigenvalue weighted by molar-refractivity contribution is 9.11. The zero-order valence-corrected chi connectivity index (χ0v) is 14.7. The molecule has 21 heavy (non-hydrogen) atoms. The Bertz CT molecular complexity index is 625. The lowest BCUT2D eigenvalue weighted by Gasteiger charge is -2.10. The number of thiophene rings is 1. The Morgan fingerprint density at radius 1 is 1.57 bits per heavy atom. The number of nitrogens with zero attached hydrogens (tertiary/aromatic N) is 2. The van der Waals surface area contributed by atoms with E-state index in [9.17, 15) is 9.59 Å². The van der Waals surface area contributed by atoms with Gasteiger partial charge in [0, 0.05) is 11.9 Å². The molecule has 0 saturated heterocycles. The number of likely N-dealkylation sites (N-methyl/N-ethyl adjacent to an activating group) is 1. The van der Waals surface area contributed by atoms with Crippen LogP contribution in [0.4, 0.5) is 0 Å². The lowest BCUT2D eigenvalue weighted by molar-refractivity contribution is -0.139. The van der Waals surface area contributed by atoms with Crippen molar-refractivity contribution in [2.75, 3.05) is 19.4 Å². The summed E-state index contributed by atoms with van der Waals surface area (Å²) in [5.74, 6) is -0.348. The third-order valence-electron chi connectivity index (χ3n) is 2.52.